The fraction of sp³-hybridized carbons (Fsp3) is 1.00. The number of hydrogen-bond acceptors (Lipinski definition) is 2. The zero-order chi connectivity index (χ0) is 12.1. The van der Waals surface area contributed by atoms with Gasteiger partial charge in [-0.3, -0.25) is 0 Å². The van der Waals surface area contributed by atoms with Gasteiger partial charge in [0.2, 0.25) is 0 Å². The molecule has 0 radical (unpaired) electrons. The van der Waals surface area contributed by atoms with E-state index < -0.39 is 0 Å². The molecule has 3 atom stereocenters. The van der Waals surface area contributed by atoms with Crippen molar-refractivity contribution in [2.75, 3.05) is 19.6 Å². The van der Waals surface area contributed by atoms with E-state index in [1.165, 1.54) is 58.0 Å². The molecule has 1 saturated heterocycles. The molecule has 100 valence electrons. The minimum atomic E-state index is 0.787. The van der Waals surface area contributed by atoms with Crippen LogP contribution >= 0.6 is 0 Å². The lowest BCUT2D eigenvalue weighted by molar-refractivity contribution is 0.190. The molecule has 1 saturated carbocycles. The topological polar surface area (TPSA) is 15.3 Å². The third-order valence-electron chi connectivity index (χ3n) is 4.78. The van der Waals surface area contributed by atoms with Crippen LogP contribution in [0.4, 0.5) is 0 Å². The van der Waals surface area contributed by atoms with Crippen molar-refractivity contribution in [2.45, 2.75) is 70.9 Å². The van der Waals surface area contributed by atoms with E-state index in [1.54, 1.807) is 0 Å². The van der Waals surface area contributed by atoms with Crippen LogP contribution < -0.4 is 5.32 Å². The number of rotatable bonds is 4. The summed E-state index contributed by atoms with van der Waals surface area (Å²) in [5.41, 5.74) is 0. The Labute approximate surface area is 107 Å². The molecule has 0 aromatic rings. The average Bonchev–Trinajstić information content (AvgIpc) is 2.59. The van der Waals surface area contributed by atoms with Crippen molar-refractivity contribution in [3.05, 3.63) is 0 Å². The molecule has 0 aromatic heterocycles. The normalized spacial score (nSPS) is 36.0. The van der Waals surface area contributed by atoms with Gasteiger partial charge in [-0.15, -0.1) is 0 Å². The van der Waals surface area contributed by atoms with Crippen LogP contribution in [0.25, 0.3) is 0 Å². The number of nitrogens with zero attached hydrogens (tertiary/aromatic N) is 1. The van der Waals surface area contributed by atoms with Crippen LogP contribution in [-0.2, 0) is 0 Å². The highest BCUT2D eigenvalue weighted by molar-refractivity contribution is 4.85. The number of nitrogens with one attached hydrogen (secondary N) is 1. The fourth-order valence-electron chi connectivity index (χ4n) is 3.70. The van der Waals surface area contributed by atoms with Gasteiger partial charge in [0.1, 0.15) is 0 Å². The van der Waals surface area contributed by atoms with E-state index >= 15 is 0 Å². The molecule has 2 rings (SSSR count). The highest BCUT2D eigenvalue weighted by Crippen LogP contribution is 2.27. The predicted octanol–water partition coefficient (Wildman–Crippen LogP) is 3.03. The summed E-state index contributed by atoms with van der Waals surface area (Å²) < 4.78 is 0. The Balaban J connectivity index is 1.89. The van der Waals surface area contributed by atoms with Gasteiger partial charge in [-0.2, -0.15) is 0 Å². The Kier molecular flexibility index (Phi) is 5.30. The molecule has 0 aromatic carbocycles. The molecule has 0 amide bonds. The molecular formula is C15H30N2. The Hall–Kier alpha value is -0.0800. The van der Waals surface area contributed by atoms with E-state index in [2.05, 4.69) is 24.1 Å². The first kappa shape index (κ1) is 13.4. The monoisotopic (exact) mass is 238 g/mol. The SMILES string of the molecule is CCNC1CCCCCC1CN1CCCC1C. The summed E-state index contributed by atoms with van der Waals surface area (Å²) in [7, 11) is 0. The van der Waals surface area contributed by atoms with E-state index in [-0.39, 0.29) is 0 Å². The molecule has 1 heterocycles. The summed E-state index contributed by atoms with van der Waals surface area (Å²) >= 11 is 0. The third-order valence-corrected chi connectivity index (χ3v) is 4.78. The molecule has 2 nitrogen and oxygen atoms in total. The average molecular weight is 238 g/mol. The van der Waals surface area contributed by atoms with E-state index in [0.717, 1.165) is 24.5 Å². The summed E-state index contributed by atoms with van der Waals surface area (Å²) in [6.45, 7) is 8.48. The zero-order valence-corrected chi connectivity index (χ0v) is 11.8. The predicted molar refractivity (Wildman–Crippen MR) is 74.3 cm³/mol. The highest BCUT2D eigenvalue weighted by atomic mass is 15.2. The molecule has 2 fully saturated rings. The molecule has 17 heavy (non-hydrogen) atoms. The van der Waals surface area contributed by atoms with Gasteiger partial charge < -0.3 is 10.2 Å². The summed E-state index contributed by atoms with van der Waals surface area (Å²) in [5, 5.41) is 3.74. The smallest absolute Gasteiger partial charge is 0.0107 e. The molecule has 1 aliphatic heterocycles. The lowest BCUT2D eigenvalue weighted by Crippen LogP contribution is -2.42. The maximum atomic E-state index is 3.74. The first-order valence-corrected chi connectivity index (χ1v) is 7.78. The maximum absolute atomic E-state index is 3.74. The number of likely N-dealkylation sites (tertiary alicyclic amines) is 1. The van der Waals surface area contributed by atoms with Crippen LogP contribution in [0.5, 0.6) is 0 Å². The van der Waals surface area contributed by atoms with Gasteiger partial charge >= 0.3 is 0 Å². The van der Waals surface area contributed by atoms with Crippen LogP contribution in [0.1, 0.15) is 58.8 Å². The van der Waals surface area contributed by atoms with Crippen LogP contribution in [0.3, 0.4) is 0 Å². The largest absolute Gasteiger partial charge is 0.314 e. The quantitative estimate of drug-likeness (QED) is 0.757. The van der Waals surface area contributed by atoms with E-state index in [4.69, 9.17) is 0 Å². The minimum absolute atomic E-state index is 0.787. The van der Waals surface area contributed by atoms with E-state index in [0.29, 0.717) is 0 Å². The molecule has 2 heteroatoms. The summed E-state index contributed by atoms with van der Waals surface area (Å²) in [6, 6.07) is 1.62. The van der Waals surface area contributed by atoms with Gasteiger partial charge in [0.25, 0.3) is 0 Å². The Morgan fingerprint density at radius 3 is 2.59 bits per heavy atom. The summed E-state index contributed by atoms with van der Waals surface area (Å²) in [6.07, 6.45) is 10.0. The van der Waals surface area contributed by atoms with E-state index in [9.17, 15) is 0 Å². The Bertz CT molecular complexity index is 217. The molecule has 3 unspecified atom stereocenters. The summed E-state index contributed by atoms with van der Waals surface area (Å²) in [4.78, 5) is 2.74. The molecule has 1 aliphatic carbocycles. The second-order valence-corrected chi connectivity index (χ2v) is 6.05. The van der Waals surface area contributed by atoms with Crippen molar-refractivity contribution in [2.24, 2.45) is 5.92 Å². The molecule has 0 bridgehead atoms. The van der Waals surface area contributed by atoms with E-state index in [1.807, 2.05) is 0 Å². The molecule has 1 N–H and O–H groups in total. The fourth-order valence-corrected chi connectivity index (χ4v) is 3.70. The van der Waals surface area contributed by atoms with Crippen molar-refractivity contribution in [3.8, 4) is 0 Å². The van der Waals surface area contributed by atoms with Crippen LogP contribution in [0.2, 0.25) is 0 Å². The minimum Gasteiger partial charge on any atom is -0.314 e. The van der Waals surface area contributed by atoms with Crippen molar-refractivity contribution < 1.29 is 0 Å². The van der Waals surface area contributed by atoms with Gasteiger partial charge in [-0.25, -0.2) is 0 Å². The van der Waals surface area contributed by atoms with Gasteiger partial charge in [-0.1, -0.05) is 26.2 Å². The van der Waals surface area contributed by atoms with Crippen molar-refractivity contribution in [1.29, 1.82) is 0 Å². The lowest BCUT2D eigenvalue weighted by atomic mass is 9.94. The van der Waals surface area contributed by atoms with Crippen molar-refractivity contribution >= 4 is 0 Å². The second-order valence-electron chi connectivity index (χ2n) is 6.05. The third kappa shape index (κ3) is 3.69. The first-order chi connectivity index (χ1) is 8.31. The lowest BCUT2D eigenvalue weighted by Gasteiger charge is -2.32. The van der Waals surface area contributed by atoms with Crippen LogP contribution in [-0.4, -0.2) is 36.6 Å². The first-order valence-electron chi connectivity index (χ1n) is 7.78. The van der Waals surface area contributed by atoms with Gasteiger partial charge in [-0.05, 0) is 51.6 Å². The Morgan fingerprint density at radius 1 is 1.06 bits per heavy atom. The molecule has 2 aliphatic rings. The Morgan fingerprint density at radius 2 is 1.88 bits per heavy atom. The van der Waals surface area contributed by atoms with Gasteiger partial charge in [0.15, 0.2) is 0 Å². The zero-order valence-electron chi connectivity index (χ0n) is 11.8. The second kappa shape index (κ2) is 6.75. The highest BCUT2D eigenvalue weighted by Gasteiger charge is 2.28. The molecule has 0 spiro atoms. The maximum Gasteiger partial charge on any atom is 0.0107 e. The van der Waals surface area contributed by atoms with Crippen molar-refractivity contribution in [1.82, 2.24) is 10.2 Å². The van der Waals surface area contributed by atoms with Gasteiger partial charge in [0, 0.05) is 18.6 Å². The van der Waals surface area contributed by atoms with Crippen LogP contribution in [0.15, 0.2) is 0 Å². The van der Waals surface area contributed by atoms with Gasteiger partial charge in [0.05, 0.1) is 0 Å². The van der Waals surface area contributed by atoms with Crippen molar-refractivity contribution in [3.63, 3.8) is 0 Å². The molecular weight excluding hydrogens is 208 g/mol. The van der Waals surface area contributed by atoms with Crippen LogP contribution in [0, 0.1) is 5.92 Å². The summed E-state index contributed by atoms with van der Waals surface area (Å²) in [5.74, 6) is 0.901. The number of hydrogen-bond donors (Lipinski definition) is 1. The standard InChI is InChI=1S/C15H30N2/c1-3-16-15-10-6-4-5-9-14(15)12-17-11-7-8-13(17)2/h13-16H,3-12H2,1-2H3.